The molecule has 0 aromatic heterocycles. The maximum absolute atomic E-state index is 13.9. The largest absolute Gasteiger partial charge is 0.212 e. The molecule has 0 spiro atoms. The fourth-order valence-electron chi connectivity index (χ4n) is 1.59. The molecule has 0 heterocycles. The highest BCUT2D eigenvalue weighted by atomic mass is 79.9. The minimum absolute atomic E-state index is 0.983. The first-order valence-electron chi connectivity index (χ1n) is 5.04. The van der Waals surface area contributed by atoms with Crippen molar-refractivity contribution in [3.63, 3.8) is 0 Å². The van der Waals surface area contributed by atoms with Crippen LogP contribution in [0.2, 0.25) is 0 Å². The van der Waals surface area contributed by atoms with Crippen molar-refractivity contribution in [1.82, 2.24) is 0 Å². The van der Waals surface area contributed by atoms with Crippen LogP contribution in [0.25, 0.3) is 0 Å². The average molecular weight is 1310 g/mol. The number of halogens is 15. The van der Waals surface area contributed by atoms with Gasteiger partial charge in [0.1, 0.15) is 16.2 Å². The van der Waals surface area contributed by atoms with Crippen LogP contribution in [0.3, 0.4) is 0 Å². The van der Waals surface area contributed by atoms with E-state index in [0.29, 0.717) is 0 Å². The smallest absolute Gasteiger partial charge is 0.212 e. The Labute approximate surface area is 265 Å². The lowest BCUT2D eigenvalue weighted by molar-refractivity contribution is 0.0397. The first-order chi connectivity index (χ1) is 10.0. The van der Waals surface area contributed by atoms with Crippen molar-refractivity contribution in [2.45, 2.75) is 27.1 Å². The van der Waals surface area contributed by atoms with Gasteiger partial charge in [-0.15, -0.1) is 0 Å². The van der Waals surface area contributed by atoms with Gasteiger partial charge in [0, 0.05) is 0 Å². The molecule has 1 saturated carbocycles. The molecule has 16 heteroatoms. The summed E-state index contributed by atoms with van der Waals surface area (Å²) < 4.78 is -9.92. The zero-order chi connectivity index (χ0) is 20.0. The van der Waals surface area contributed by atoms with Gasteiger partial charge in [-0.3, -0.25) is 0 Å². The van der Waals surface area contributed by atoms with Crippen molar-refractivity contribution in [2.75, 3.05) is 0 Å². The normalized spacial score (nSPS) is 34.0. The van der Waals surface area contributed by atoms with Crippen LogP contribution < -0.4 is 0 Å². The summed E-state index contributed by atoms with van der Waals surface area (Å²) in [6.45, 7) is 0. The lowest BCUT2D eigenvalue weighted by Crippen LogP contribution is -2.77. The van der Waals surface area contributed by atoms with E-state index in [1.165, 1.54) is 0 Å². The summed E-state index contributed by atoms with van der Waals surface area (Å²) in [6.07, 6.45) is 0. The van der Waals surface area contributed by atoms with E-state index in [2.05, 4.69) is 239 Å². The molecule has 0 aliphatic heterocycles. The molecule has 0 aromatic rings. The quantitative estimate of drug-likeness (QED) is 0.216. The van der Waals surface area contributed by atoms with Gasteiger partial charge in [-0.25, -0.2) is 5.11 Å². The molecule has 0 aromatic carbocycles. The summed E-state index contributed by atoms with van der Waals surface area (Å²) in [7, 11) is 0. The lowest BCUT2D eigenvalue weighted by Gasteiger charge is -2.63. The summed E-state index contributed by atoms with van der Waals surface area (Å²) in [4.78, 5) is 0. The van der Waals surface area contributed by atoms with Gasteiger partial charge >= 0.3 is 0 Å². The summed E-state index contributed by atoms with van der Waals surface area (Å²) in [5, 5.41) is 13.9. The van der Waals surface area contributed by atoms with Crippen LogP contribution in [-0.2, 0) is 5.11 Å². The molecule has 0 unspecified atom stereocenters. The monoisotopic (exact) mass is 1300 g/mol. The molecule has 1 aliphatic rings. The third kappa shape index (κ3) is 3.69. The van der Waals surface area contributed by atoms with E-state index in [-0.39, 0.29) is 0 Å². The Hall–Kier alpha value is 7.16. The van der Waals surface area contributed by atoms with E-state index in [1.807, 2.05) is 0 Å². The van der Waals surface area contributed by atoms with Gasteiger partial charge in [0.05, 0.1) is 0 Å². The predicted octanol–water partition coefficient (Wildman–Crippen LogP) is 10.9. The van der Waals surface area contributed by atoms with Crippen LogP contribution in [-0.4, -0.2) is 27.1 Å². The van der Waals surface area contributed by atoms with Crippen molar-refractivity contribution in [3.8, 4) is 0 Å². The third-order valence-corrected chi connectivity index (χ3v) is 35.8. The topological polar surface area (TPSA) is 19.9 Å². The first-order valence-corrected chi connectivity index (χ1v) is 16.9. The predicted molar refractivity (Wildman–Crippen MR) is 156 cm³/mol. The highest BCUT2D eigenvalue weighted by Crippen LogP contribution is 2.82. The van der Waals surface area contributed by atoms with Gasteiger partial charge in [-0.05, 0) is 15.9 Å². The molecule has 1 aliphatic carbocycles. The van der Waals surface area contributed by atoms with Gasteiger partial charge < -0.3 is 0 Å². The zero-order valence-corrected chi connectivity index (χ0v) is 33.9. The molecular weight excluding hydrogens is 1310 g/mol. The average Bonchev–Trinajstić information content (AvgIpc) is 2.35. The lowest BCUT2D eigenvalue weighted by atomic mass is 9.96. The van der Waals surface area contributed by atoms with Crippen LogP contribution in [0, 0.1) is 0 Å². The second-order valence-corrected chi connectivity index (χ2v) is 29.8. The van der Waals surface area contributed by atoms with Crippen LogP contribution >= 0.6 is 239 Å². The van der Waals surface area contributed by atoms with Crippen molar-refractivity contribution < 1.29 is 5.11 Å². The number of rotatable bonds is 0. The first kappa shape index (κ1) is 29.2. The molecule has 0 amide bonds. The maximum atomic E-state index is 13.9. The van der Waals surface area contributed by atoms with Crippen molar-refractivity contribution in [3.05, 3.63) is 0 Å². The van der Waals surface area contributed by atoms with Gasteiger partial charge in [-0.2, -0.15) is 0 Å². The molecule has 1 fully saturated rings. The Bertz CT molecular complexity index is 356. The highest BCUT2D eigenvalue weighted by Gasteiger charge is 2.85. The van der Waals surface area contributed by atoms with Crippen molar-refractivity contribution in [2.24, 2.45) is 0 Å². The van der Waals surface area contributed by atoms with Gasteiger partial charge in [-0.1, -0.05) is 223 Å². The molecule has 0 atom stereocenters. The van der Waals surface area contributed by atoms with Gasteiger partial charge in [0.2, 0.25) is 4.51 Å². The minimum atomic E-state index is -1.93. The Morgan fingerprint density at radius 2 is 0.417 bits per heavy atom. The SMILES string of the molecule is [O]C1(Br)C(Br)(Br)C(Br)(Br)C(Br)(Br)C(Br)(Br)C(Br)(Br)C(Br)(Br)C1(Br)Br. The summed E-state index contributed by atoms with van der Waals surface area (Å²) in [6, 6.07) is 0. The number of alkyl halides is 15. The van der Waals surface area contributed by atoms with Gasteiger partial charge in [0.25, 0.3) is 0 Å². The molecule has 1 rings (SSSR count). The van der Waals surface area contributed by atoms with Gasteiger partial charge in [0.15, 0.2) is 6.47 Å². The highest BCUT2D eigenvalue weighted by molar-refractivity contribution is 9.37. The van der Waals surface area contributed by atoms with E-state index in [9.17, 15) is 5.11 Å². The second-order valence-electron chi connectivity index (χ2n) is 4.62. The molecule has 1 radical (unpaired) electrons. The fraction of sp³-hybridized carbons (Fsp3) is 1.00. The van der Waals surface area contributed by atoms with Crippen LogP contribution in [0.5, 0.6) is 0 Å². The van der Waals surface area contributed by atoms with E-state index >= 15 is 0 Å². The summed E-state index contributed by atoms with van der Waals surface area (Å²) in [5.41, 5.74) is 0. The Morgan fingerprint density at radius 1 is 0.292 bits per heavy atom. The van der Waals surface area contributed by atoms with E-state index in [0.717, 1.165) is 0 Å². The Kier molecular flexibility index (Phi) is 10.3. The van der Waals surface area contributed by atoms with Crippen molar-refractivity contribution >= 4 is 239 Å². The third-order valence-electron chi connectivity index (χ3n) is 3.17. The minimum Gasteiger partial charge on any atom is -0.212 e. The fourth-order valence-corrected chi connectivity index (χ4v) is 17.9. The molecule has 24 heavy (non-hydrogen) atoms. The number of hydrogen-bond donors (Lipinski definition) is 0. The molecule has 0 bridgehead atoms. The van der Waals surface area contributed by atoms with Crippen LogP contribution in [0.4, 0.5) is 0 Å². The summed E-state index contributed by atoms with van der Waals surface area (Å²) >= 11 is 54.3. The van der Waals surface area contributed by atoms with Crippen molar-refractivity contribution in [1.29, 1.82) is 0 Å². The van der Waals surface area contributed by atoms with E-state index in [1.54, 1.807) is 0 Å². The van der Waals surface area contributed by atoms with Crippen LogP contribution in [0.1, 0.15) is 0 Å². The molecule has 143 valence electrons. The maximum Gasteiger partial charge on any atom is 0.212 e. The van der Waals surface area contributed by atoms with E-state index < -0.39 is 27.1 Å². The number of hydrogen-bond acceptors (Lipinski definition) is 0. The standard InChI is InChI=1S/C8Br15O/c9-1(10)2(11,12)4(15,16)6(19,20)8(23,24)7(21,22)5(17,18)3(1,13)14. The summed E-state index contributed by atoms with van der Waals surface area (Å²) in [5.74, 6) is 0. The second kappa shape index (κ2) is 8.43. The zero-order valence-electron chi connectivity index (χ0n) is 10.1. The van der Waals surface area contributed by atoms with E-state index in [4.69, 9.17) is 0 Å². The molecular formula is C8Br15O. The Balaban J connectivity index is 4.09. The molecule has 0 N–H and O–H groups in total. The molecule has 0 saturated heterocycles. The van der Waals surface area contributed by atoms with Crippen LogP contribution in [0.15, 0.2) is 0 Å². The Morgan fingerprint density at radius 3 is 0.583 bits per heavy atom. The molecule has 1 nitrogen and oxygen atoms in total.